The van der Waals surface area contributed by atoms with Crippen molar-refractivity contribution in [1.29, 1.82) is 0 Å². The lowest BCUT2D eigenvalue weighted by atomic mass is 10.1. The molecule has 0 aliphatic rings. The average Bonchev–Trinajstić information content (AvgIpc) is 3.00. The van der Waals surface area contributed by atoms with E-state index in [2.05, 4.69) is 10.6 Å². The van der Waals surface area contributed by atoms with E-state index in [4.69, 9.17) is 39.2 Å². The van der Waals surface area contributed by atoms with Gasteiger partial charge < -0.3 is 15.1 Å². The Labute approximate surface area is 156 Å². The van der Waals surface area contributed by atoms with Crippen molar-refractivity contribution in [2.24, 2.45) is 0 Å². The van der Waals surface area contributed by atoms with Crippen LogP contribution in [0.1, 0.15) is 21.7 Å². The SMILES string of the molecule is Cc1ccc(C(F)(F)F)cc1N[C@H](NC(=O)c1ccco1)C(Cl)(Cl)Cl. The molecule has 0 spiro atoms. The first-order valence-electron chi connectivity index (χ1n) is 6.84. The van der Waals surface area contributed by atoms with Crippen molar-refractivity contribution in [2.75, 3.05) is 5.32 Å². The van der Waals surface area contributed by atoms with Crippen LogP contribution in [-0.2, 0) is 6.18 Å². The second-order valence-corrected chi connectivity index (χ2v) is 7.47. The molecule has 25 heavy (non-hydrogen) atoms. The number of carbonyl (C=O) groups excluding carboxylic acids is 1. The zero-order valence-corrected chi connectivity index (χ0v) is 14.9. The minimum Gasteiger partial charge on any atom is -0.459 e. The molecule has 0 radical (unpaired) electrons. The van der Waals surface area contributed by atoms with Crippen LogP contribution in [0.2, 0.25) is 0 Å². The minimum absolute atomic E-state index is 0.0400. The van der Waals surface area contributed by atoms with Gasteiger partial charge >= 0.3 is 6.18 Å². The van der Waals surface area contributed by atoms with E-state index in [1.54, 1.807) is 6.92 Å². The lowest BCUT2D eigenvalue weighted by Gasteiger charge is -2.28. The van der Waals surface area contributed by atoms with E-state index in [1.165, 1.54) is 24.5 Å². The maximum absolute atomic E-state index is 12.9. The van der Waals surface area contributed by atoms with E-state index in [1.807, 2.05) is 0 Å². The highest BCUT2D eigenvalue weighted by atomic mass is 35.6. The maximum Gasteiger partial charge on any atom is 0.416 e. The number of anilines is 1. The number of hydrogen-bond donors (Lipinski definition) is 2. The van der Waals surface area contributed by atoms with Gasteiger partial charge in [-0.1, -0.05) is 40.9 Å². The molecular weight excluding hydrogens is 404 g/mol. The van der Waals surface area contributed by atoms with Crippen LogP contribution in [0, 0.1) is 6.92 Å². The molecule has 4 nitrogen and oxygen atoms in total. The molecule has 1 amide bonds. The first kappa shape index (κ1) is 19.8. The molecule has 0 aliphatic carbocycles. The van der Waals surface area contributed by atoms with Crippen molar-refractivity contribution in [2.45, 2.75) is 23.1 Å². The number of benzene rings is 1. The van der Waals surface area contributed by atoms with Crippen LogP contribution >= 0.6 is 34.8 Å². The van der Waals surface area contributed by atoms with Gasteiger partial charge in [0, 0.05) is 5.69 Å². The molecule has 2 rings (SSSR count). The van der Waals surface area contributed by atoms with Gasteiger partial charge in [0.15, 0.2) is 5.76 Å². The molecular formula is C15H12Cl3F3N2O2. The molecule has 0 saturated carbocycles. The zero-order chi connectivity index (χ0) is 18.8. The van der Waals surface area contributed by atoms with Crippen molar-refractivity contribution in [3.63, 3.8) is 0 Å². The Morgan fingerprint density at radius 1 is 1.20 bits per heavy atom. The third-order valence-electron chi connectivity index (χ3n) is 3.21. The Bertz CT molecular complexity index is 743. The number of amides is 1. The molecule has 1 aromatic heterocycles. The molecule has 2 aromatic rings. The van der Waals surface area contributed by atoms with Crippen LogP contribution in [0.4, 0.5) is 18.9 Å². The quantitative estimate of drug-likeness (QED) is 0.537. The summed E-state index contributed by atoms with van der Waals surface area (Å²) in [6, 6.07) is 5.96. The van der Waals surface area contributed by atoms with Crippen LogP contribution in [-0.4, -0.2) is 15.9 Å². The predicted octanol–water partition coefficient (Wildman–Crippen LogP) is 5.15. The summed E-state index contributed by atoms with van der Waals surface area (Å²) in [6.07, 6.45) is -4.56. The predicted molar refractivity (Wildman–Crippen MR) is 90.1 cm³/mol. The molecule has 0 bridgehead atoms. The highest BCUT2D eigenvalue weighted by molar-refractivity contribution is 6.68. The van der Waals surface area contributed by atoms with Crippen LogP contribution in [0.15, 0.2) is 41.0 Å². The summed E-state index contributed by atoms with van der Waals surface area (Å²) in [5, 5.41) is 5.00. The molecule has 136 valence electrons. The van der Waals surface area contributed by atoms with E-state index >= 15 is 0 Å². The monoisotopic (exact) mass is 414 g/mol. The molecule has 0 fully saturated rings. The van der Waals surface area contributed by atoms with Crippen molar-refractivity contribution in [1.82, 2.24) is 5.32 Å². The Balaban J connectivity index is 2.27. The van der Waals surface area contributed by atoms with Crippen LogP contribution in [0.25, 0.3) is 0 Å². The molecule has 0 aliphatic heterocycles. The highest BCUT2D eigenvalue weighted by Gasteiger charge is 2.36. The van der Waals surface area contributed by atoms with Gasteiger partial charge in [-0.2, -0.15) is 13.2 Å². The van der Waals surface area contributed by atoms with Crippen LogP contribution in [0.5, 0.6) is 0 Å². The third-order valence-corrected chi connectivity index (χ3v) is 3.87. The van der Waals surface area contributed by atoms with Crippen molar-refractivity contribution < 1.29 is 22.4 Å². The van der Waals surface area contributed by atoms with Gasteiger partial charge in [0.2, 0.25) is 3.79 Å². The number of nitrogens with one attached hydrogen (secondary N) is 2. The zero-order valence-electron chi connectivity index (χ0n) is 12.6. The molecule has 1 aromatic carbocycles. The summed E-state index contributed by atoms with van der Waals surface area (Å²) >= 11 is 17.5. The fourth-order valence-corrected chi connectivity index (χ4v) is 2.25. The summed E-state index contributed by atoms with van der Waals surface area (Å²) in [4.78, 5) is 12.1. The summed E-state index contributed by atoms with van der Waals surface area (Å²) in [7, 11) is 0. The molecule has 0 saturated heterocycles. The van der Waals surface area contributed by atoms with Gasteiger partial charge in [-0.3, -0.25) is 4.79 Å². The third kappa shape index (κ3) is 5.20. The Morgan fingerprint density at radius 2 is 1.88 bits per heavy atom. The number of aryl methyl sites for hydroxylation is 1. The molecule has 0 unspecified atom stereocenters. The summed E-state index contributed by atoms with van der Waals surface area (Å²) in [5.41, 5.74) is -0.341. The summed E-state index contributed by atoms with van der Waals surface area (Å²) in [5.74, 6) is -0.736. The second kappa shape index (κ2) is 7.35. The standard InChI is InChI=1S/C15H12Cl3F3N2O2/c1-8-4-5-9(15(19,20)21)7-10(8)22-13(14(16,17)18)23-12(24)11-3-2-6-25-11/h2-7,13,22H,1H3,(H,23,24)/t13-/m1/s1. The Hall–Kier alpha value is -1.57. The van der Waals surface area contributed by atoms with E-state index in [-0.39, 0.29) is 11.4 Å². The Kier molecular flexibility index (Phi) is 5.81. The summed E-state index contributed by atoms with van der Waals surface area (Å²) < 4.78 is 41.5. The van der Waals surface area contributed by atoms with Crippen LogP contribution in [0.3, 0.4) is 0 Å². The van der Waals surface area contributed by atoms with Gasteiger partial charge in [0.05, 0.1) is 11.8 Å². The number of alkyl halides is 6. The number of halogens is 6. The Morgan fingerprint density at radius 3 is 2.40 bits per heavy atom. The number of furan rings is 1. The molecule has 1 atom stereocenters. The first-order valence-corrected chi connectivity index (χ1v) is 7.97. The fourth-order valence-electron chi connectivity index (χ4n) is 1.92. The van der Waals surface area contributed by atoms with E-state index in [0.29, 0.717) is 5.56 Å². The maximum atomic E-state index is 12.9. The van der Waals surface area contributed by atoms with Gasteiger partial charge in [-0.05, 0) is 36.8 Å². The van der Waals surface area contributed by atoms with Crippen LogP contribution < -0.4 is 10.6 Å². The van der Waals surface area contributed by atoms with Gasteiger partial charge in [-0.25, -0.2) is 0 Å². The topological polar surface area (TPSA) is 54.3 Å². The van der Waals surface area contributed by atoms with E-state index in [0.717, 1.165) is 12.1 Å². The van der Waals surface area contributed by atoms with Gasteiger partial charge in [-0.15, -0.1) is 0 Å². The van der Waals surface area contributed by atoms with Gasteiger partial charge in [0.25, 0.3) is 5.91 Å². The number of rotatable bonds is 4. The van der Waals surface area contributed by atoms with E-state index < -0.39 is 27.6 Å². The van der Waals surface area contributed by atoms with Gasteiger partial charge in [0.1, 0.15) is 6.17 Å². The summed E-state index contributed by atoms with van der Waals surface area (Å²) in [6.45, 7) is 1.58. The van der Waals surface area contributed by atoms with E-state index in [9.17, 15) is 18.0 Å². The average molecular weight is 416 g/mol. The minimum atomic E-state index is -4.53. The first-order chi connectivity index (χ1) is 11.5. The fraction of sp³-hybridized carbons (Fsp3) is 0.267. The normalized spacial score (nSPS) is 13.4. The van der Waals surface area contributed by atoms with Crippen molar-refractivity contribution in [3.8, 4) is 0 Å². The highest BCUT2D eigenvalue weighted by Crippen LogP contribution is 2.35. The largest absolute Gasteiger partial charge is 0.459 e. The lowest BCUT2D eigenvalue weighted by Crippen LogP contribution is -2.49. The number of carbonyl (C=O) groups is 1. The van der Waals surface area contributed by atoms with Crippen molar-refractivity contribution >= 4 is 46.4 Å². The number of hydrogen-bond acceptors (Lipinski definition) is 3. The molecule has 2 N–H and O–H groups in total. The van der Waals surface area contributed by atoms with Crippen molar-refractivity contribution in [3.05, 3.63) is 53.5 Å². The molecule has 10 heteroatoms. The molecule has 1 heterocycles. The second-order valence-electron chi connectivity index (χ2n) is 5.10. The smallest absolute Gasteiger partial charge is 0.416 e. The lowest BCUT2D eigenvalue weighted by molar-refractivity contribution is -0.137.